The third kappa shape index (κ3) is 2.41. The highest BCUT2D eigenvalue weighted by Crippen LogP contribution is 2.24. The second-order valence-electron chi connectivity index (χ2n) is 5.40. The zero-order valence-electron chi connectivity index (χ0n) is 12.9. The minimum Gasteiger partial charge on any atom is -0.467 e. The molecule has 0 saturated heterocycles. The quantitative estimate of drug-likeness (QED) is 0.614. The van der Waals surface area contributed by atoms with E-state index < -0.39 is 0 Å². The van der Waals surface area contributed by atoms with Gasteiger partial charge in [0, 0.05) is 0 Å². The molecule has 4 aromatic rings. The second kappa shape index (κ2) is 5.64. The van der Waals surface area contributed by atoms with Gasteiger partial charge in [0.25, 0.3) is 5.56 Å². The molecule has 4 heterocycles. The monoisotopic (exact) mass is 342 g/mol. The second-order valence-corrected chi connectivity index (χ2v) is 6.35. The number of nitrogens with one attached hydrogen (secondary N) is 1. The van der Waals surface area contributed by atoms with Gasteiger partial charge in [-0.15, -0.1) is 11.3 Å². The average molecular weight is 342 g/mol. The number of nitrogens with zero attached hydrogens (tertiary/aromatic N) is 3. The number of fused-ring (bicyclic) bond motifs is 3. The number of amides is 1. The van der Waals surface area contributed by atoms with Crippen molar-refractivity contribution < 1.29 is 9.21 Å². The van der Waals surface area contributed by atoms with Crippen molar-refractivity contribution in [3.8, 4) is 0 Å². The van der Waals surface area contributed by atoms with Gasteiger partial charge in [-0.2, -0.15) is 5.10 Å². The zero-order chi connectivity index (χ0) is 16.7. The summed E-state index contributed by atoms with van der Waals surface area (Å²) in [7, 11) is 0. The van der Waals surface area contributed by atoms with Crippen LogP contribution < -0.4 is 10.9 Å². The lowest BCUT2D eigenvalue weighted by Gasteiger charge is -2.08. The van der Waals surface area contributed by atoms with E-state index in [4.69, 9.17) is 4.42 Å². The molecular formula is C16H14N4O3S. The van der Waals surface area contributed by atoms with Crippen LogP contribution in [0.3, 0.4) is 0 Å². The molecule has 0 aliphatic rings. The molecule has 0 aromatic carbocycles. The Bertz CT molecular complexity index is 1090. The van der Waals surface area contributed by atoms with Crippen LogP contribution in [-0.2, 0) is 17.9 Å². The van der Waals surface area contributed by atoms with Crippen molar-refractivity contribution in [2.24, 2.45) is 0 Å². The summed E-state index contributed by atoms with van der Waals surface area (Å²) in [5, 5.41) is 8.96. The Morgan fingerprint density at radius 3 is 3.04 bits per heavy atom. The van der Waals surface area contributed by atoms with Crippen LogP contribution >= 0.6 is 11.3 Å². The SMILES string of the molecule is Cc1nn(CC(=O)NCc2ccco2)c(=O)c2cc3sccc3n12. The Hall–Kier alpha value is -2.87. The number of aromatic nitrogens is 3. The highest BCUT2D eigenvalue weighted by atomic mass is 32.1. The van der Waals surface area contributed by atoms with E-state index in [0.29, 0.717) is 17.1 Å². The summed E-state index contributed by atoms with van der Waals surface area (Å²) in [4.78, 5) is 24.7. The Morgan fingerprint density at radius 1 is 1.38 bits per heavy atom. The van der Waals surface area contributed by atoms with Crippen LogP contribution in [0.15, 0.2) is 45.1 Å². The predicted molar refractivity (Wildman–Crippen MR) is 90.1 cm³/mol. The van der Waals surface area contributed by atoms with Crippen LogP contribution in [0.25, 0.3) is 15.7 Å². The molecular weight excluding hydrogens is 328 g/mol. The van der Waals surface area contributed by atoms with Crippen LogP contribution in [0.2, 0.25) is 0 Å². The molecule has 0 saturated carbocycles. The predicted octanol–water partition coefficient (Wildman–Crippen LogP) is 1.93. The van der Waals surface area contributed by atoms with Crippen molar-refractivity contribution >= 4 is 33.0 Å². The van der Waals surface area contributed by atoms with E-state index in [-0.39, 0.29) is 24.6 Å². The number of carbonyl (C=O) groups excluding carboxylic acids is 1. The summed E-state index contributed by atoms with van der Waals surface area (Å²) >= 11 is 1.57. The molecule has 0 spiro atoms. The van der Waals surface area contributed by atoms with Gasteiger partial charge >= 0.3 is 0 Å². The van der Waals surface area contributed by atoms with Gasteiger partial charge in [0.1, 0.15) is 23.6 Å². The summed E-state index contributed by atoms with van der Waals surface area (Å²) in [6.07, 6.45) is 1.54. The van der Waals surface area contributed by atoms with Gasteiger partial charge in [0.05, 0.1) is 23.0 Å². The van der Waals surface area contributed by atoms with Gasteiger partial charge < -0.3 is 9.73 Å². The van der Waals surface area contributed by atoms with Crippen LogP contribution in [0.4, 0.5) is 0 Å². The number of aryl methyl sites for hydroxylation is 1. The van der Waals surface area contributed by atoms with Crippen molar-refractivity contribution in [3.63, 3.8) is 0 Å². The first-order valence-corrected chi connectivity index (χ1v) is 8.27. The van der Waals surface area contributed by atoms with Gasteiger partial charge in [-0.05, 0) is 36.6 Å². The number of hydrogen-bond acceptors (Lipinski definition) is 5. The molecule has 0 radical (unpaired) electrons. The molecule has 1 amide bonds. The first kappa shape index (κ1) is 14.7. The van der Waals surface area contributed by atoms with E-state index in [1.807, 2.05) is 28.8 Å². The lowest BCUT2D eigenvalue weighted by atomic mass is 10.4. The van der Waals surface area contributed by atoms with Crippen molar-refractivity contribution in [2.45, 2.75) is 20.0 Å². The molecule has 1 N–H and O–H groups in total. The number of furan rings is 1. The Labute approximate surface area is 140 Å². The van der Waals surface area contributed by atoms with Crippen molar-refractivity contribution in [1.29, 1.82) is 0 Å². The summed E-state index contributed by atoms with van der Waals surface area (Å²) in [6, 6.07) is 7.33. The molecule has 0 atom stereocenters. The fourth-order valence-electron chi connectivity index (χ4n) is 2.73. The maximum Gasteiger partial charge on any atom is 0.291 e. The maximum atomic E-state index is 12.6. The van der Waals surface area contributed by atoms with Gasteiger partial charge in [0.15, 0.2) is 0 Å². The molecule has 8 heteroatoms. The molecule has 122 valence electrons. The molecule has 4 rings (SSSR count). The van der Waals surface area contributed by atoms with E-state index in [9.17, 15) is 9.59 Å². The zero-order valence-corrected chi connectivity index (χ0v) is 13.7. The van der Waals surface area contributed by atoms with Crippen LogP contribution in [-0.4, -0.2) is 20.1 Å². The van der Waals surface area contributed by atoms with E-state index in [0.717, 1.165) is 10.2 Å². The lowest BCUT2D eigenvalue weighted by Crippen LogP contribution is -2.34. The first-order chi connectivity index (χ1) is 11.6. The Morgan fingerprint density at radius 2 is 2.25 bits per heavy atom. The Kier molecular flexibility index (Phi) is 3.46. The molecule has 24 heavy (non-hydrogen) atoms. The summed E-state index contributed by atoms with van der Waals surface area (Å²) < 4.78 is 9.21. The van der Waals surface area contributed by atoms with Crippen LogP contribution in [0.1, 0.15) is 11.6 Å². The molecule has 0 bridgehead atoms. The third-order valence-electron chi connectivity index (χ3n) is 3.80. The van der Waals surface area contributed by atoms with Crippen LogP contribution in [0, 0.1) is 6.92 Å². The van der Waals surface area contributed by atoms with Gasteiger partial charge in [-0.1, -0.05) is 0 Å². The maximum absolute atomic E-state index is 12.6. The van der Waals surface area contributed by atoms with E-state index in [1.54, 1.807) is 29.7 Å². The van der Waals surface area contributed by atoms with Crippen LogP contribution in [0.5, 0.6) is 0 Å². The fourth-order valence-corrected chi connectivity index (χ4v) is 3.53. The number of carbonyl (C=O) groups is 1. The number of hydrogen-bond donors (Lipinski definition) is 1. The molecule has 0 fully saturated rings. The lowest BCUT2D eigenvalue weighted by molar-refractivity contribution is -0.122. The van der Waals surface area contributed by atoms with E-state index in [2.05, 4.69) is 10.4 Å². The Balaban J connectivity index is 1.63. The van der Waals surface area contributed by atoms with E-state index >= 15 is 0 Å². The number of thiophene rings is 1. The molecule has 7 nitrogen and oxygen atoms in total. The minimum atomic E-state index is -0.293. The molecule has 0 aliphatic heterocycles. The van der Waals surface area contributed by atoms with Crippen molar-refractivity contribution in [3.05, 3.63) is 57.8 Å². The van der Waals surface area contributed by atoms with Gasteiger partial charge in [-0.3, -0.25) is 14.0 Å². The van der Waals surface area contributed by atoms with E-state index in [1.165, 1.54) is 4.68 Å². The third-order valence-corrected chi connectivity index (χ3v) is 4.65. The summed E-state index contributed by atoms with van der Waals surface area (Å²) in [5.41, 5.74) is 1.21. The van der Waals surface area contributed by atoms with Crippen molar-refractivity contribution in [2.75, 3.05) is 0 Å². The summed E-state index contributed by atoms with van der Waals surface area (Å²) in [5.74, 6) is 1.03. The van der Waals surface area contributed by atoms with Gasteiger partial charge in [-0.25, -0.2) is 4.68 Å². The topological polar surface area (TPSA) is 81.5 Å². The largest absolute Gasteiger partial charge is 0.467 e. The number of rotatable bonds is 4. The molecule has 0 aliphatic carbocycles. The standard InChI is InChI=1S/C16H14N4O3S/c1-10-18-19(9-15(21)17-8-11-3-2-5-23-11)16(22)13-7-14-12(20(10)13)4-6-24-14/h2-7H,8-9H2,1H3,(H,17,21). The highest BCUT2D eigenvalue weighted by molar-refractivity contribution is 7.17. The normalized spacial score (nSPS) is 11.4. The minimum absolute atomic E-state index is 0.129. The van der Waals surface area contributed by atoms with Crippen molar-refractivity contribution in [1.82, 2.24) is 19.5 Å². The highest BCUT2D eigenvalue weighted by Gasteiger charge is 2.14. The first-order valence-electron chi connectivity index (χ1n) is 7.39. The molecule has 4 aromatic heterocycles. The fraction of sp³-hybridized carbons (Fsp3) is 0.188. The smallest absolute Gasteiger partial charge is 0.291 e. The summed E-state index contributed by atoms with van der Waals surface area (Å²) in [6.45, 7) is 1.97. The average Bonchev–Trinajstić information content (AvgIpc) is 3.26. The molecule has 0 unspecified atom stereocenters. The van der Waals surface area contributed by atoms with Gasteiger partial charge in [0.2, 0.25) is 5.91 Å².